The van der Waals surface area contributed by atoms with E-state index in [0.29, 0.717) is 5.92 Å². The Morgan fingerprint density at radius 2 is 2.12 bits per heavy atom. The number of aryl methyl sites for hydroxylation is 1. The lowest BCUT2D eigenvalue weighted by atomic mass is 10.1. The summed E-state index contributed by atoms with van der Waals surface area (Å²) in [6.45, 7) is 2.85. The Bertz CT molecular complexity index is 908. The molecule has 4 rings (SSSR count). The van der Waals surface area contributed by atoms with Crippen molar-refractivity contribution in [2.45, 2.75) is 13.3 Å². The van der Waals surface area contributed by atoms with Gasteiger partial charge in [-0.3, -0.25) is 4.99 Å². The van der Waals surface area contributed by atoms with Crippen molar-refractivity contribution in [3.05, 3.63) is 60.4 Å². The van der Waals surface area contributed by atoms with Gasteiger partial charge < -0.3 is 5.32 Å². The third-order valence-corrected chi connectivity index (χ3v) is 4.19. The van der Waals surface area contributed by atoms with Crippen LogP contribution in [-0.4, -0.2) is 27.4 Å². The Balaban J connectivity index is 1.70. The fourth-order valence-corrected chi connectivity index (χ4v) is 2.86. The number of benzene rings is 1. The van der Waals surface area contributed by atoms with E-state index in [1.165, 1.54) is 0 Å². The first-order valence-electron chi connectivity index (χ1n) is 8.14. The van der Waals surface area contributed by atoms with Crippen LogP contribution in [0.2, 0.25) is 0 Å². The average molecular weight is 317 g/mol. The zero-order chi connectivity index (χ0) is 16.4. The Labute approximate surface area is 140 Å². The summed E-state index contributed by atoms with van der Waals surface area (Å²) in [5, 5.41) is 7.98. The van der Waals surface area contributed by atoms with Gasteiger partial charge in [0.2, 0.25) is 0 Å². The molecular weight excluding hydrogens is 298 g/mol. The summed E-state index contributed by atoms with van der Waals surface area (Å²) in [6, 6.07) is 12.3. The minimum absolute atomic E-state index is 0.398. The first-order chi connectivity index (χ1) is 11.8. The van der Waals surface area contributed by atoms with Crippen LogP contribution in [0.3, 0.4) is 0 Å². The largest absolute Gasteiger partial charge is 0.369 e. The van der Waals surface area contributed by atoms with Crippen molar-refractivity contribution in [2.75, 3.05) is 11.9 Å². The minimum atomic E-state index is 0.398. The van der Waals surface area contributed by atoms with Crippen molar-refractivity contribution in [3.63, 3.8) is 0 Å². The van der Waals surface area contributed by atoms with Crippen LogP contribution in [0.25, 0.3) is 16.9 Å². The maximum Gasteiger partial charge on any atom is 0.160 e. The fourth-order valence-electron chi connectivity index (χ4n) is 2.86. The quantitative estimate of drug-likeness (QED) is 0.798. The molecule has 0 saturated carbocycles. The Morgan fingerprint density at radius 1 is 1.25 bits per heavy atom. The van der Waals surface area contributed by atoms with Gasteiger partial charge in [-0.2, -0.15) is 9.61 Å². The third kappa shape index (κ3) is 2.80. The van der Waals surface area contributed by atoms with E-state index in [0.717, 1.165) is 41.3 Å². The molecule has 1 aliphatic rings. The minimum Gasteiger partial charge on any atom is -0.369 e. The summed E-state index contributed by atoms with van der Waals surface area (Å²) in [5.74, 6) is 1.35. The predicted molar refractivity (Wildman–Crippen MR) is 97.4 cm³/mol. The molecule has 120 valence electrons. The molecular formula is C19H19N5. The van der Waals surface area contributed by atoms with E-state index in [2.05, 4.69) is 39.7 Å². The molecule has 1 atom stereocenters. The van der Waals surface area contributed by atoms with E-state index >= 15 is 0 Å². The van der Waals surface area contributed by atoms with Crippen LogP contribution < -0.4 is 5.32 Å². The molecule has 0 aliphatic carbocycles. The van der Waals surface area contributed by atoms with Crippen molar-refractivity contribution in [3.8, 4) is 11.3 Å². The monoisotopic (exact) mass is 317 g/mol. The lowest BCUT2D eigenvalue weighted by Crippen LogP contribution is -2.18. The molecule has 0 amide bonds. The molecule has 1 unspecified atom stereocenters. The second kappa shape index (κ2) is 6.28. The summed E-state index contributed by atoms with van der Waals surface area (Å²) >= 11 is 0. The third-order valence-electron chi connectivity index (χ3n) is 4.19. The highest BCUT2D eigenvalue weighted by molar-refractivity contribution is 5.68. The molecule has 1 aromatic carbocycles. The van der Waals surface area contributed by atoms with Crippen LogP contribution in [0.15, 0.2) is 59.9 Å². The summed E-state index contributed by atoms with van der Waals surface area (Å²) in [4.78, 5) is 9.01. The molecule has 0 bridgehead atoms. The van der Waals surface area contributed by atoms with E-state index < -0.39 is 0 Å². The number of nitrogens with zero attached hydrogens (tertiary/aromatic N) is 4. The van der Waals surface area contributed by atoms with Crippen molar-refractivity contribution in [1.29, 1.82) is 0 Å². The highest BCUT2D eigenvalue weighted by Crippen LogP contribution is 2.23. The summed E-state index contributed by atoms with van der Waals surface area (Å²) < 4.78 is 1.87. The number of rotatable bonds is 4. The number of aromatic nitrogens is 3. The van der Waals surface area contributed by atoms with Gasteiger partial charge in [0.1, 0.15) is 5.82 Å². The number of fused-ring (bicyclic) bond motifs is 1. The topological polar surface area (TPSA) is 54.6 Å². The standard InChI is InChI=1S/C19H19N5/c1-14-11-22-24-18(21-13-15-6-5-9-20-12-15)10-17(23-19(14)24)16-7-3-2-4-8-16/h2-5,7-12,15,21H,6,13H2,1H3. The Hall–Kier alpha value is -2.95. The average Bonchev–Trinajstić information content (AvgIpc) is 3.02. The molecule has 5 nitrogen and oxygen atoms in total. The molecule has 1 aliphatic heterocycles. The Morgan fingerprint density at radius 3 is 2.92 bits per heavy atom. The van der Waals surface area contributed by atoms with Gasteiger partial charge in [-0.1, -0.05) is 36.4 Å². The number of anilines is 1. The van der Waals surface area contributed by atoms with E-state index in [1.54, 1.807) is 0 Å². The van der Waals surface area contributed by atoms with E-state index in [9.17, 15) is 0 Å². The van der Waals surface area contributed by atoms with Gasteiger partial charge in [0.05, 0.1) is 11.9 Å². The van der Waals surface area contributed by atoms with E-state index in [4.69, 9.17) is 4.98 Å². The smallest absolute Gasteiger partial charge is 0.160 e. The molecule has 5 heteroatoms. The number of hydrogen-bond donors (Lipinski definition) is 1. The molecule has 24 heavy (non-hydrogen) atoms. The summed E-state index contributed by atoms with van der Waals surface area (Å²) in [6.07, 6.45) is 8.81. The zero-order valence-corrected chi connectivity index (χ0v) is 13.6. The maximum absolute atomic E-state index is 4.78. The van der Waals surface area contributed by atoms with Crippen molar-refractivity contribution < 1.29 is 0 Å². The number of hydrogen-bond acceptors (Lipinski definition) is 4. The normalized spacial score (nSPS) is 16.6. The first-order valence-corrected chi connectivity index (χ1v) is 8.14. The van der Waals surface area contributed by atoms with Gasteiger partial charge in [0.25, 0.3) is 0 Å². The SMILES string of the molecule is Cc1cnn2c(NCC3C=NC=CC3)cc(-c3ccccc3)nc12. The van der Waals surface area contributed by atoms with Crippen molar-refractivity contribution in [2.24, 2.45) is 10.9 Å². The highest BCUT2D eigenvalue weighted by atomic mass is 15.3. The van der Waals surface area contributed by atoms with Crippen LogP contribution >= 0.6 is 0 Å². The fraction of sp³-hybridized carbons (Fsp3) is 0.211. The molecule has 0 saturated heterocycles. The molecule has 3 aromatic rings. The van der Waals surface area contributed by atoms with Gasteiger partial charge in [-0.25, -0.2) is 4.98 Å². The van der Waals surface area contributed by atoms with Gasteiger partial charge in [-0.15, -0.1) is 0 Å². The molecule has 0 fully saturated rings. The highest BCUT2D eigenvalue weighted by Gasteiger charge is 2.12. The first kappa shape index (κ1) is 14.6. The van der Waals surface area contributed by atoms with Gasteiger partial charge >= 0.3 is 0 Å². The second-order valence-electron chi connectivity index (χ2n) is 6.02. The number of nitrogens with one attached hydrogen (secondary N) is 1. The van der Waals surface area contributed by atoms with Crippen LogP contribution in [-0.2, 0) is 0 Å². The number of allylic oxidation sites excluding steroid dienone is 1. The summed E-state index contributed by atoms with van der Waals surface area (Å²) in [7, 11) is 0. The van der Waals surface area contributed by atoms with E-state index in [1.807, 2.05) is 48.2 Å². The lowest BCUT2D eigenvalue weighted by Gasteiger charge is -2.15. The lowest BCUT2D eigenvalue weighted by molar-refractivity contribution is 0.739. The van der Waals surface area contributed by atoms with Crippen LogP contribution in [0, 0.1) is 12.8 Å². The number of aliphatic imine (C=N–C) groups is 1. The van der Waals surface area contributed by atoms with Crippen molar-refractivity contribution in [1.82, 2.24) is 14.6 Å². The van der Waals surface area contributed by atoms with Crippen LogP contribution in [0.1, 0.15) is 12.0 Å². The van der Waals surface area contributed by atoms with Crippen LogP contribution in [0.5, 0.6) is 0 Å². The molecule has 1 N–H and O–H groups in total. The molecule has 2 aromatic heterocycles. The van der Waals surface area contributed by atoms with Crippen molar-refractivity contribution >= 4 is 17.7 Å². The summed E-state index contributed by atoms with van der Waals surface area (Å²) in [5.41, 5.74) is 4.01. The Kier molecular flexibility index (Phi) is 3.83. The zero-order valence-electron chi connectivity index (χ0n) is 13.6. The second-order valence-corrected chi connectivity index (χ2v) is 6.02. The van der Waals surface area contributed by atoms with Gasteiger partial charge in [-0.05, 0) is 13.3 Å². The van der Waals surface area contributed by atoms with E-state index in [-0.39, 0.29) is 0 Å². The van der Waals surface area contributed by atoms with Crippen LogP contribution in [0.4, 0.5) is 5.82 Å². The maximum atomic E-state index is 4.78. The molecule has 0 spiro atoms. The predicted octanol–water partition coefficient (Wildman–Crippen LogP) is 3.72. The van der Waals surface area contributed by atoms with Gasteiger partial charge in [0.15, 0.2) is 5.65 Å². The van der Waals surface area contributed by atoms with Gasteiger partial charge in [0, 0.05) is 42.1 Å². The molecule has 3 heterocycles. The molecule has 0 radical (unpaired) electrons.